The Bertz CT molecular complexity index is 548. The number of hydrogen-bond acceptors (Lipinski definition) is 5. The molecule has 4 nitrogen and oxygen atoms in total. The second-order valence-corrected chi connectivity index (χ2v) is 6.76. The SMILES string of the molecule is CC(=O)c1sc(N2CCC(C(C)C)CC2)c(C#N)c1N. The molecule has 1 aromatic heterocycles. The molecule has 2 rings (SSSR count). The summed E-state index contributed by atoms with van der Waals surface area (Å²) in [5.41, 5.74) is 6.77. The third kappa shape index (κ3) is 2.66. The molecule has 0 saturated carbocycles. The van der Waals surface area contributed by atoms with Crippen LogP contribution in [-0.2, 0) is 0 Å². The van der Waals surface area contributed by atoms with E-state index in [-0.39, 0.29) is 5.78 Å². The van der Waals surface area contributed by atoms with Crippen LogP contribution in [0.4, 0.5) is 10.7 Å². The number of nitrogens with two attached hydrogens (primary N) is 1. The van der Waals surface area contributed by atoms with Gasteiger partial charge < -0.3 is 10.6 Å². The van der Waals surface area contributed by atoms with Crippen molar-refractivity contribution in [1.82, 2.24) is 0 Å². The van der Waals surface area contributed by atoms with Gasteiger partial charge >= 0.3 is 0 Å². The molecule has 20 heavy (non-hydrogen) atoms. The van der Waals surface area contributed by atoms with Crippen molar-refractivity contribution in [1.29, 1.82) is 5.26 Å². The molecule has 0 radical (unpaired) electrons. The van der Waals surface area contributed by atoms with Crippen LogP contribution in [0.5, 0.6) is 0 Å². The first-order chi connectivity index (χ1) is 9.45. The largest absolute Gasteiger partial charge is 0.396 e. The van der Waals surface area contributed by atoms with Crippen molar-refractivity contribution >= 4 is 27.8 Å². The Balaban J connectivity index is 2.24. The molecular formula is C15H21N3OS. The fourth-order valence-electron chi connectivity index (χ4n) is 2.79. The van der Waals surface area contributed by atoms with Crippen LogP contribution in [0.2, 0.25) is 0 Å². The zero-order valence-corrected chi connectivity index (χ0v) is 13.1. The minimum Gasteiger partial charge on any atom is -0.396 e. The molecule has 2 N–H and O–H groups in total. The van der Waals surface area contributed by atoms with Crippen LogP contribution >= 0.6 is 11.3 Å². The second kappa shape index (κ2) is 5.84. The molecule has 0 bridgehead atoms. The second-order valence-electron chi connectivity index (χ2n) is 5.76. The maximum absolute atomic E-state index is 11.6. The first-order valence-electron chi connectivity index (χ1n) is 7.04. The predicted octanol–water partition coefficient (Wildman–Crippen LogP) is 3.28. The van der Waals surface area contributed by atoms with E-state index < -0.39 is 0 Å². The summed E-state index contributed by atoms with van der Waals surface area (Å²) in [6, 6.07) is 2.16. The van der Waals surface area contributed by atoms with Gasteiger partial charge in [-0.1, -0.05) is 13.8 Å². The smallest absolute Gasteiger partial charge is 0.171 e. The van der Waals surface area contributed by atoms with Gasteiger partial charge in [-0.3, -0.25) is 4.79 Å². The lowest BCUT2D eigenvalue weighted by Gasteiger charge is -2.34. The van der Waals surface area contributed by atoms with Crippen LogP contribution in [0, 0.1) is 23.2 Å². The van der Waals surface area contributed by atoms with E-state index in [1.807, 2.05) is 0 Å². The third-order valence-electron chi connectivity index (χ3n) is 4.13. The number of anilines is 2. The lowest BCUT2D eigenvalue weighted by Crippen LogP contribution is -2.35. The lowest BCUT2D eigenvalue weighted by atomic mass is 9.87. The molecular weight excluding hydrogens is 270 g/mol. The van der Waals surface area contributed by atoms with Crippen molar-refractivity contribution in [2.75, 3.05) is 23.7 Å². The molecule has 1 aliphatic heterocycles. The zero-order chi connectivity index (χ0) is 14.9. The summed E-state index contributed by atoms with van der Waals surface area (Å²) in [5.74, 6) is 1.39. The number of ketones is 1. The molecule has 0 aliphatic carbocycles. The summed E-state index contributed by atoms with van der Waals surface area (Å²) in [7, 11) is 0. The standard InChI is InChI=1S/C15H21N3OS/c1-9(2)11-4-6-18(7-5-11)15-12(8-16)13(17)14(20-15)10(3)19/h9,11H,4-7,17H2,1-3H3. The van der Waals surface area contributed by atoms with Crippen molar-refractivity contribution in [3.8, 4) is 6.07 Å². The highest BCUT2D eigenvalue weighted by Gasteiger charge is 2.27. The number of nitriles is 1. The van der Waals surface area contributed by atoms with E-state index in [0.717, 1.165) is 36.9 Å². The molecule has 1 fully saturated rings. The van der Waals surface area contributed by atoms with Gasteiger partial charge in [-0.25, -0.2) is 0 Å². The van der Waals surface area contributed by atoms with Gasteiger partial charge in [0, 0.05) is 20.0 Å². The summed E-state index contributed by atoms with van der Waals surface area (Å²) in [5, 5.41) is 10.2. The quantitative estimate of drug-likeness (QED) is 0.868. The summed E-state index contributed by atoms with van der Waals surface area (Å²) < 4.78 is 0. The van der Waals surface area contributed by atoms with E-state index in [4.69, 9.17) is 5.73 Å². The lowest BCUT2D eigenvalue weighted by molar-refractivity contribution is 0.102. The van der Waals surface area contributed by atoms with Crippen LogP contribution in [-0.4, -0.2) is 18.9 Å². The van der Waals surface area contributed by atoms with E-state index >= 15 is 0 Å². The number of carbonyl (C=O) groups is 1. The summed E-state index contributed by atoms with van der Waals surface area (Å²) in [6.45, 7) is 7.90. The van der Waals surface area contributed by atoms with Gasteiger partial charge in [-0.15, -0.1) is 11.3 Å². The number of carbonyl (C=O) groups excluding carboxylic acids is 1. The van der Waals surface area contributed by atoms with Crippen molar-refractivity contribution in [3.05, 3.63) is 10.4 Å². The Morgan fingerprint density at radius 3 is 2.50 bits per heavy atom. The first-order valence-corrected chi connectivity index (χ1v) is 7.85. The minimum absolute atomic E-state index is 0.0627. The van der Waals surface area contributed by atoms with E-state index in [0.29, 0.717) is 22.0 Å². The molecule has 1 aliphatic rings. The van der Waals surface area contributed by atoms with Gasteiger partial charge in [0.05, 0.1) is 10.6 Å². The van der Waals surface area contributed by atoms with Crippen LogP contribution in [0.3, 0.4) is 0 Å². The van der Waals surface area contributed by atoms with E-state index in [2.05, 4.69) is 24.8 Å². The highest BCUT2D eigenvalue weighted by Crippen LogP contribution is 2.40. The van der Waals surface area contributed by atoms with Gasteiger partial charge in [-0.05, 0) is 24.7 Å². The van der Waals surface area contributed by atoms with E-state index in [1.165, 1.54) is 18.3 Å². The Labute approximate surface area is 124 Å². The Morgan fingerprint density at radius 2 is 2.05 bits per heavy atom. The Morgan fingerprint density at radius 1 is 1.45 bits per heavy atom. The molecule has 0 aromatic carbocycles. The topological polar surface area (TPSA) is 70.1 Å². The van der Waals surface area contributed by atoms with E-state index in [9.17, 15) is 10.1 Å². The summed E-state index contributed by atoms with van der Waals surface area (Å²) in [6.07, 6.45) is 2.27. The molecule has 2 heterocycles. The molecule has 5 heteroatoms. The van der Waals surface area contributed by atoms with Crippen molar-refractivity contribution in [2.24, 2.45) is 11.8 Å². The third-order valence-corrected chi connectivity index (χ3v) is 5.49. The first kappa shape index (κ1) is 14.9. The fourth-order valence-corrected chi connectivity index (χ4v) is 3.91. The zero-order valence-electron chi connectivity index (χ0n) is 12.3. The normalized spacial score (nSPS) is 16.4. The number of hydrogen-bond donors (Lipinski definition) is 1. The van der Waals surface area contributed by atoms with Crippen molar-refractivity contribution < 1.29 is 4.79 Å². The molecule has 0 spiro atoms. The van der Waals surface area contributed by atoms with Crippen LogP contribution in [0.15, 0.2) is 0 Å². The number of thiophene rings is 1. The molecule has 0 atom stereocenters. The molecule has 1 aromatic rings. The highest BCUT2D eigenvalue weighted by atomic mass is 32.1. The minimum atomic E-state index is -0.0627. The van der Waals surface area contributed by atoms with Gasteiger partial charge in [0.15, 0.2) is 5.78 Å². The van der Waals surface area contributed by atoms with Gasteiger partial charge in [0.1, 0.15) is 16.6 Å². The molecule has 108 valence electrons. The van der Waals surface area contributed by atoms with Crippen LogP contribution in [0.25, 0.3) is 0 Å². The maximum atomic E-state index is 11.6. The number of Topliss-reactive ketones (excluding diaryl/α,β-unsaturated/α-hetero) is 1. The summed E-state index contributed by atoms with van der Waals surface area (Å²) in [4.78, 5) is 14.3. The molecule has 1 saturated heterocycles. The van der Waals surface area contributed by atoms with Crippen LogP contribution in [0.1, 0.15) is 48.8 Å². The molecule has 0 amide bonds. The number of piperidine rings is 1. The average molecular weight is 291 g/mol. The van der Waals surface area contributed by atoms with E-state index in [1.54, 1.807) is 0 Å². The Kier molecular flexibility index (Phi) is 4.34. The predicted molar refractivity (Wildman–Crippen MR) is 83.2 cm³/mol. The van der Waals surface area contributed by atoms with Gasteiger partial charge in [-0.2, -0.15) is 5.26 Å². The number of nitrogens with zero attached hydrogens (tertiary/aromatic N) is 2. The summed E-state index contributed by atoms with van der Waals surface area (Å²) >= 11 is 1.36. The van der Waals surface area contributed by atoms with Gasteiger partial charge in [0.25, 0.3) is 0 Å². The number of rotatable bonds is 3. The fraction of sp³-hybridized carbons (Fsp3) is 0.600. The number of nitrogen functional groups attached to an aromatic ring is 1. The monoisotopic (exact) mass is 291 g/mol. The van der Waals surface area contributed by atoms with Crippen molar-refractivity contribution in [3.63, 3.8) is 0 Å². The average Bonchev–Trinajstić information content (AvgIpc) is 2.75. The maximum Gasteiger partial charge on any atom is 0.171 e. The van der Waals surface area contributed by atoms with Crippen molar-refractivity contribution in [2.45, 2.75) is 33.6 Å². The van der Waals surface area contributed by atoms with Crippen LogP contribution < -0.4 is 10.6 Å². The highest BCUT2D eigenvalue weighted by molar-refractivity contribution is 7.19. The van der Waals surface area contributed by atoms with Gasteiger partial charge in [0.2, 0.25) is 0 Å². The Hall–Kier alpha value is -1.54. The molecule has 0 unspecified atom stereocenters.